The number of imide groups is 2. The van der Waals surface area contributed by atoms with Gasteiger partial charge in [0.05, 0.1) is 16.0 Å². The number of fused-ring (bicyclic) bond motifs is 2. The van der Waals surface area contributed by atoms with Crippen molar-refractivity contribution in [3.8, 4) is 11.5 Å². The summed E-state index contributed by atoms with van der Waals surface area (Å²) in [7, 11) is 0. The number of amides is 6. The Morgan fingerprint density at radius 2 is 1.06 bits per heavy atom. The van der Waals surface area contributed by atoms with Crippen LogP contribution in [0.5, 0.6) is 11.5 Å². The van der Waals surface area contributed by atoms with E-state index in [1.807, 2.05) is 0 Å². The minimum absolute atomic E-state index is 0.0184. The standard InChI is InChI=1S/2C22H22FN3O5/c2*23-17-5-4-14(31-9-8-27)10-13(17)11-24-18-3-1-2-15-16(18)12-26(22(15)30)19-6-7-20(28)25-21(19)29/h2*1-5,10,19,24,27H,6-9,11-12H2,(H,25,28,29)/t2*19-/m10/s1/i2*19D. The second kappa shape index (κ2) is 19.2. The number of ether oxygens (including phenoxy) is 2. The Balaban J connectivity index is 0.000000191. The molecular formula is C44H44F2N6O10. The molecule has 4 aliphatic rings. The first-order valence-corrected chi connectivity index (χ1v) is 19.7. The first kappa shape index (κ1) is 40.5. The van der Waals surface area contributed by atoms with Crippen LogP contribution in [0.3, 0.4) is 0 Å². The smallest absolute Gasteiger partial charge is 0.255 e. The number of anilines is 2. The van der Waals surface area contributed by atoms with Crippen molar-refractivity contribution in [2.24, 2.45) is 0 Å². The predicted molar refractivity (Wildman–Crippen MR) is 218 cm³/mol. The van der Waals surface area contributed by atoms with Crippen LogP contribution < -0.4 is 30.7 Å². The number of hydrogen-bond acceptors (Lipinski definition) is 12. The van der Waals surface area contributed by atoms with Gasteiger partial charge in [0.2, 0.25) is 23.6 Å². The Morgan fingerprint density at radius 3 is 1.45 bits per heavy atom. The first-order valence-electron chi connectivity index (χ1n) is 20.7. The predicted octanol–water partition coefficient (Wildman–Crippen LogP) is 3.14. The minimum atomic E-state index is -1.87. The molecule has 62 heavy (non-hydrogen) atoms. The lowest BCUT2D eigenvalue weighted by atomic mass is 10.0. The summed E-state index contributed by atoms with van der Waals surface area (Å²) < 4.78 is 56.3. The molecule has 4 aromatic rings. The average Bonchev–Trinajstić information content (AvgIpc) is 3.82. The van der Waals surface area contributed by atoms with Gasteiger partial charge in [0, 0.05) is 83.8 Å². The Labute approximate surface area is 357 Å². The highest BCUT2D eigenvalue weighted by Crippen LogP contribution is 2.34. The highest BCUT2D eigenvalue weighted by molar-refractivity contribution is 6.07. The number of nitrogens with one attached hydrogen (secondary N) is 4. The van der Waals surface area contributed by atoms with E-state index in [0.717, 1.165) is 9.80 Å². The van der Waals surface area contributed by atoms with Gasteiger partial charge in [0.25, 0.3) is 11.8 Å². The lowest BCUT2D eigenvalue weighted by molar-refractivity contribution is -0.138. The zero-order chi connectivity index (χ0) is 45.8. The number of rotatable bonds is 14. The van der Waals surface area contributed by atoms with Crippen molar-refractivity contribution in [2.45, 2.75) is 63.9 Å². The van der Waals surface area contributed by atoms with Gasteiger partial charge in [-0.15, -0.1) is 0 Å². The van der Waals surface area contributed by atoms with Crippen LogP contribution in [-0.4, -0.2) is 93.9 Å². The van der Waals surface area contributed by atoms with E-state index in [2.05, 4.69) is 21.3 Å². The second-order valence-electron chi connectivity index (χ2n) is 14.5. The molecule has 0 unspecified atom stereocenters. The fourth-order valence-electron chi connectivity index (χ4n) is 7.42. The summed E-state index contributed by atoms with van der Waals surface area (Å²) in [6.45, 7) is 0.120. The van der Waals surface area contributed by atoms with E-state index in [-0.39, 0.29) is 78.3 Å². The maximum atomic E-state index is 14.3. The fourth-order valence-corrected chi connectivity index (χ4v) is 7.42. The number of piperidine rings is 2. The molecule has 6 N–H and O–H groups in total. The molecule has 2 atom stereocenters. The molecule has 2 saturated heterocycles. The lowest BCUT2D eigenvalue weighted by Crippen LogP contribution is -2.52. The summed E-state index contributed by atoms with van der Waals surface area (Å²) in [5.41, 5.74) is 3.73. The molecule has 0 bridgehead atoms. The van der Waals surface area contributed by atoms with E-state index in [1.165, 1.54) is 36.4 Å². The third kappa shape index (κ3) is 9.50. The highest BCUT2D eigenvalue weighted by Gasteiger charge is 2.41. The number of nitrogens with zero attached hydrogens (tertiary/aromatic N) is 2. The van der Waals surface area contributed by atoms with Crippen LogP contribution in [0.15, 0.2) is 72.8 Å². The van der Waals surface area contributed by atoms with E-state index in [4.69, 9.17) is 22.4 Å². The Kier molecular flexibility index (Phi) is 12.5. The van der Waals surface area contributed by atoms with Crippen LogP contribution in [0.25, 0.3) is 0 Å². The van der Waals surface area contributed by atoms with Crippen molar-refractivity contribution < 1.29 is 60.0 Å². The van der Waals surface area contributed by atoms with E-state index in [1.54, 1.807) is 36.4 Å². The van der Waals surface area contributed by atoms with Gasteiger partial charge in [-0.3, -0.25) is 39.4 Å². The number of halogens is 2. The van der Waals surface area contributed by atoms with Gasteiger partial charge >= 0.3 is 0 Å². The molecule has 324 valence electrons. The summed E-state index contributed by atoms with van der Waals surface area (Å²) >= 11 is 0. The molecule has 4 heterocycles. The molecule has 0 aromatic heterocycles. The van der Waals surface area contributed by atoms with Gasteiger partial charge in [-0.2, -0.15) is 0 Å². The topological polar surface area (TPSA) is 216 Å². The van der Waals surface area contributed by atoms with Crippen LogP contribution >= 0.6 is 0 Å². The minimum Gasteiger partial charge on any atom is -0.491 e. The Morgan fingerprint density at radius 1 is 0.645 bits per heavy atom. The van der Waals surface area contributed by atoms with Gasteiger partial charge in [-0.05, 0) is 73.5 Å². The molecule has 0 saturated carbocycles. The lowest BCUT2D eigenvalue weighted by Gasteiger charge is -2.29. The van der Waals surface area contributed by atoms with Crippen molar-refractivity contribution in [1.82, 2.24) is 20.4 Å². The van der Waals surface area contributed by atoms with E-state index >= 15 is 0 Å². The first-order chi connectivity index (χ1) is 30.7. The van der Waals surface area contributed by atoms with E-state index in [9.17, 15) is 37.5 Å². The van der Waals surface area contributed by atoms with Crippen LogP contribution in [0.1, 0.15) is 71.4 Å². The summed E-state index contributed by atoms with van der Waals surface area (Å²) in [6.07, 6.45) is -0.194. The monoisotopic (exact) mass is 856 g/mol. The number of aliphatic hydroxyl groups excluding tert-OH is 2. The SMILES string of the molecule is [2H][C@@]1(N2Cc3c(NCc4cc(OCCO)ccc4F)cccc3C2=O)CCC(=O)NC1=O.[2H][C@]1(N2Cc3c(NCc4cc(OCCO)ccc4F)cccc3C2=O)CCC(=O)NC1=O. The van der Waals surface area contributed by atoms with Gasteiger partial charge < -0.3 is 40.1 Å². The zero-order valence-corrected chi connectivity index (χ0v) is 33.2. The Hall–Kier alpha value is -6.92. The highest BCUT2D eigenvalue weighted by atomic mass is 19.1. The molecule has 0 radical (unpaired) electrons. The quantitative estimate of drug-likeness (QED) is 0.101. The van der Waals surface area contributed by atoms with Crippen molar-refractivity contribution in [2.75, 3.05) is 37.1 Å². The van der Waals surface area contributed by atoms with Crippen LogP contribution in [-0.2, 0) is 45.4 Å². The van der Waals surface area contributed by atoms with E-state index in [0.29, 0.717) is 56.3 Å². The molecule has 0 aliphatic carbocycles. The van der Waals surface area contributed by atoms with Gasteiger partial charge in [0.15, 0.2) is 0 Å². The molecule has 4 aliphatic heterocycles. The van der Waals surface area contributed by atoms with Crippen molar-refractivity contribution >= 4 is 46.8 Å². The maximum Gasteiger partial charge on any atom is 0.255 e. The molecule has 8 rings (SSSR count). The third-order valence-corrected chi connectivity index (χ3v) is 10.5. The maximum absolute atomic E-state index is 14.3. The number of carbonyl (C=O) groups excluding carboxylic acids is 6. The van der Waals surface area contributed by atoms with Crippen molar-refractivity contribution in [1.29, 1.82) is 0 Å². The number of benzene rings is 4. The largest absolute Gasteiger partial charge is 0.491 e. The van der Waals surface area contributed by atoms with Crippen molar-refractivity contribution in [3.05, 3.63) is 118 Å². The molecule has 6 amide bonds. The molecule has 4 aromatic carbocycles. The number of carbonyl (C=O) groups is 6. The van der Waals surface area contributed by atoms with E-state index < -0.39 is 59.1 Å². The van der Waals surface area contributed by atoms with Crippen LogP contribution in [0, 0.1) is 11.6 Å². The zero-order valence-electron chi connectivity index (χ0n) is 35.2. The third-order valence-electron chi connectivity index (χ3n) is 10.5. The van der Waals surface area contributed by atoms with Crippen molar-refractivity contribution in [3.63, 3.8) is 0 Å². The van der Waals surface area contributed by atoms with Gasteiger partial charge in [-0.1, -0.05) is 12.1 Å². The number of hydrogen-bond donors (Lipinski definition) is 6. The van der Waals surface area contributed by atoms with Gasteiger partial charge in [0.1, 0.15) is 48.4 Å². The molecule has 16 nitrogen and oxygen atoms in total. The summed E-state index contributed by atoms with van der Waals surface area (Å²) in [5, 5.41) is 28.3. The molecular weight excluding hydrogens is 811 g/mol. The average molecular weight is 857 g/mol. The molecule has 18 heteroatoms. The normalized spacial score (nSPS) is 20.9. The molecule has 0 spiro atoms. The summed E-state index contributed by atoms with van der Waals surface area (Å²) in [6, 6.07) is 14.8. The van der Waals surface area contributed by atoms with Crippen LogP contribution in [0.2, 0.25) is 0 Å². The number of aliphatic hydroxyl groups is 2. The summed E-state index contributed by atoms with van der Waals surface area (Å²) in [4.78, 5) is 75.9. The summed E-state index contributed by atoms with van der Waals surface area (Å²) in [5.74, 6) is -3.51. The molecule has 2 fully saturated rings. The van der Waals surface area contributed by atoms with Crippen LogP contribution in [0.4, 0.5) is 20.2 Å². The fraction of sp³-hybridized carbons (Fsp3) is 0.318. The Bertz CT molecular complexity index is 2360. The van der Waals surface area contributed by atoms with Gasteiger partial charge in [-0.25, -0.2) is 8.78 Å². The second-order valence-corrected chi connectivity index (χ2v) is 14.5.